The number of hydrogen-bond donors (Lipinski definition) is 1. The van der Waals surface area contributed by atoms with Crippen molar-refractivity contribution in [2.75, 3.05) is 26.2 Å². The van der Waals surface area contributed by atoms with Gasteiger partial charge in [-0.15, -0.1) is 4.91 Å². The van der Waals surface area contributed by atoms with Gasteiger partial charge in [0.1, 0.15) is 0 Å². The molecule has 1 saturated heterocycles. The predicted molar refractivity (Wildman–Crippen MR) is 34.9 cm³/mol. The maximum absolute atomic E-state index is 9.96. The monoisotopic (exact) mass is 129 g/mol. The van der Waals surface area contributed by atoms with Crippen LogP contribution in [0.3, 0.4) is 0 Å². The van der Waals surface area contributed by atoms with Crippen LogP contribution in [0.5, 0.6) is 0 Å². The third-order valence-electron chi connectivity index (χ3n) is 1.43. The number of nitrogens with zero attached hydrogens (tertiary/aromatic N) is 2. The highest BCUT2D eigenvalue weighted by molar-refractivity contribution is 4.60. The van der Waals surface area contributed by atoms with E-state index < -0.39 is 0 Å². The van der Waals surface area contributed by atoms with E-state index in [4.69, 9.17) is 0 Å². The Balaban J connectivity index is 2.26. The average Bonchev–Trinajstić information content (AvgIpc) is 2.13. The van der Waals surface area contributed by atoms with E-state index in [1.165, 1.54) is 0 Å². The van der Waals surface area contributed by atoms with Crippen LogP contribution < -0.4 is 5.32 Å². The summed E-state index contributed by atoms with van der Waals surface area (Å²) in [6, 6.07) is 0. The lowest BCUT2D eigenvalue weighted by molar-refractivity contribution is 0.304. The molecule has 0 atom stereocenters. The Morgan fingerprint density at radius 3 is 3.00 bits per heavy atom. The highest BCUT2D eigenvalue weighted by atomic mass is 16.3. The number of rotatable bonds is 1. The van der Waals surface area contributed by atoms with Gasteiger partial charge in [-0.1, -0.05) is 0 Å². The summed E-state index contributed by atoms with van der Waals surface area (Å²) in [5, 5.41) is 7.58. The largest absolute Gasteiger partial charge is 0.315 e. The summed E-state index contributed by atoms with van der Waals surface area (Å²) in [5.74, 6) is 0. The van der Waals surface area contributed by atoms with Crippen molar-refractivity contribution in [3.05, 3.63) is 4.91 Å². The van der Waals surface area contributed by atoms with Gasteiger partial charge < -0.3 is 5.32 Å². The van der Waals surface area contributed by atoms with Crippen LogP contribution in [0.25, 0.3) is 0 Å². The molecule has 0 aromatic carbocycles. The average molecular weight is 129 g/mol. The molecule has 9 heavy (non-hydrogen) atoms. The zero-order chi connectivity index (χ0) is 6.53. The van der Waals surface area contributed by atoms with Gasteiger partial charge in [0.2, 0.25) is 0 Å². The van der Waals surface area contributed by atoms with Crippen molar-refractivity contribution >= 4 is 0 Å². The first kappa shape index (κ1) is 6.48. The minimum absolute atomic E-state index is 0.753. The fraction of sp³-hybridized carbons (Fsp3) is 1.00. The van der Waals surface area contributed by atoms with E-state index in [2.05, 4.69) is 10.6 Å². The summed E-state index contributed by atoms with van der Waals surface area (Å²) in [5.41, 5.74) is 0. The molecular weight excluding hydrogens is 118 g/mol. The highest BCUT2D eigenvalue weighted by Crippen LogP contribution is 1.93. The fourth-order valence-corrected chi connectivity index (χ4v) is 0.913. The van der Waals surface area contributed by atoms with Gasteiger partial charge in [-0.3, -0.25) is 5.01 Å². The second-order valence-corrected chi connectivity index (χ2v) is 2.14. The van der Waals surface area contributed by atoms with Crippen molar-refractivity contribution in [1.29, 1.82) is 0 Å². The molecule has 4 nitrogen and oxygen atoms in total. The van der Waals surface area contributed by atoms with Crippen LogP contribution in [0.2, 0.25) is 0 Å². The van der Waals surface area contributed by atoms with Crippen molar-refractivity contribution < 1.29 is 0 Å². The molecule has 0 radical (unpaired) electrons. The van der Waals surface area contributed by atoms with Gasteiger partial charge in [-0.2, -0.15) is 0 Å². The second-order valence-electron chi connectivity index (χ2n) is 2.14. The molecule has 1 fully saturated rings. The molecule has 0 amide bonds. The number of nitroso groups, excluding NO2 is 1. The first-order valence-electron chi connectivity index (χ1n) is 3.22. The lowest BCUT2D eigenvalue weighted by atomic mass is 10.4. The van der Waals surface area contributed by atoms with E-state index in [1.54, 1.807) is 5.01 Å². The molecular formula is C5H11N3O. The maximum Gasteiger partial charge on any atom is 0.0524 e. The quantitative estimate of drug-likeness (QED) is 0.505. The Labute approximate surface area is 54.2 Å². The molecule has 0 aromatic rings. The van der Waals surface area contributed by atoms with Gasteiger partial charge in [-0.05, 0) is 13.0 Å². The highest BCUT2D eigenvalue weighted by Gasteiger charge is 2.04. The molecule has 0 aliphatic carbocycles. The minimum atomic E-state index is 0.753. The lowest BCUT2D eigenvalue weighted by Gasteiger charge is -2.08. The SMILES string of the molecule is O=NN1CCCNCC1. The normalized spacial score (nSPS) is 21.1. The summed E-state index contributed by atoms with van der Waals surface area (Å²) >= 11 is 0. The standard InChI is InChI=1S/C5H11N3O/c9-7-8-4-1-2-6-3-5-8/h6H,1-5H2. The molecule has 0 bridgehead atoms. The molecule has 1 heterocycles. The fourth-order valence-electron chi connectivity index (χ4n) is 0.913. The summed E-state index contributed by atoms with van der Waals surface area (Å²) in [7, 11) is 0. The van der Waals surface area contributed by atoms with E-state index in [9.17, 15) is 4.91 Å². The number of nitrogens with one attached hydrogen (secondary N) is 1. The molecule has 0 saturated carbocycles. The van der Waals surface area contributed by atoms with Gasteiger partial charge in [0.15, 0.2) is 0 Å². The molecule has 0 unspecified atom stereocenters. The Hall–Kier alpha value is -0.640. The topological polar surface area (TPSA) is 44.7 Å². The molecule has 0 spiro atoms. The molecule has 1 N–H and O–H groups in total. The first-order valence-corrected chi connectivity index (χ1v) is 3.22. The van der Waals surface area contributed by atoms with Crippen molar-refractivity contribution in [2.45, 2.75) is 6.42 Å². The van der Waals surface area contributed by atoms with Gasteiger partial charge in [0, 0.05) is 13.1 Å². The summed E-state index contributed by atoms with van der Waals surface area (Å²) < 4.78 is 0. The predicted octanol–water partition coefficient (Wildman–Crippen LogP) is -0.0369. The maximum atomic E-state index is 9.96. The van der Waals surface area contributed by atoms with Gasteiger partial charge in [0.05, 0.1) is 11.8 Å². The van der Waals surface area contributed by atoms with Gasteiger partial charge in [-0.25, -0.2) is 0 Å². The van der Waals surface area contributed by atoms with Crippen molar-refractivity contribution in [1.82, 2.24) is 10.3 Å². The molecule has 4 heteroatoms. The van der Waals surface area contributed by atoms with Gasteiger partial charge >= 0.3 is 0 Å². The van der Waals surface area contributed by atoms with Crippen LogP contribution in [0.4, 0.5) is 0 Å². The van der Waals surface area contributed by atoms with Crippen LogP contribution in [-0.2, 0) is 0 Å². The summed E-state index contributed by atoms with van der Waals surface area (Å²) in [4.78, 5) is 9.96. The Morgan fingerprint density at radius 2 is 2.22 bits per heavy atom. The molecule has 0 aromatic heterocycles. The third-order valence-corrected chi connectivity index (χ3v) is 1.43. The smallest absolute Gasteiger partial charge is 0.0524 e. The van der Waals surface area contributed by atoms with Crippen LogP contribution in [0.1, 0.15) is 6.42 Å². The van der Waals surface area contributed by atoms with Crippen LogP contribution in [0, 0.1) is 4.91 Å². The zero-order valence-electron chi connectivity index (χ0n) is 5.34. The summed E-state index contributed by atoms with van der Waals surface area (Å²) in [6.07, 6.45) is 1.02. The zero-order valence-corrected chi connectivity index (χ0v) is 5.34. The molecule has 52 valence electrons. The molecule has 1 aliphatic rings. The third kappa shape index (κ3) is 1.97. The van der Waals surface area contributed by atoms with E-state index >= 15 is 0 Å². The Kier molecular flexibility index (Phi) is 2.45. The Morgan fingerprint density at radius 1 is 1.33 bits per heavy atom. The Bertz CT molecular complexity index is 88.2. The van der Waals surface area contributed by atoms with Crippen molar-refractivity contribution in [3.8, 4) is 0 Å². The number of hydrogen-bond acceptors (Lipinski definition) is 3. The van der Waals surface area contributed by atoms with E-state index in [0.717, 1.165) is 32.6 Å². The van der Waals surface area contributed by atoms with Crippen LogP contribution in [0.15, 0.2) is 5.29 Å². The van der Waals surface area contributed by atoms with Crippen LogP contribution >= 0.6 is 0 Å². The lowest BCUT2D eigenvalue weighted by Crippen LogP contribution is -2.22. The van der Waals surface area contributed by atoms with Crippen molar-refractivity contribution in [2.24, 2.45) is 5.29 Å². The van der Waals surface area contributed by atoms with Crippen molar-refractivity contribution in [3.63, 3.8) is 0 Å². The summed E-state index contributed by atoms with van der Waals surface area (Å²) in [6.45, 7) is 3.44. The second kappa shape index (κ2) is 3.40. The van der Waals surface area contributed by atoms with E-state index in [-0.39, 0.29) is 0 Å². The van der Waals surface area contributed by atoms with E-state index in [0.29, 0.717) is 0 Å². The molecule has 1 aliphatic heterocycles. The minimum Gasteiger partial charge on any atom is -0.315 e. The van der Waals surface area contributed by atoms with E-state index in [1.807, 2.05) is 0 Å². The molecule has 1 rings (SSSR count). The van der Waals surface area contributed by atoms with Crippen LogP contribution in [-0.4, -0.2) is 31.2 Å². The first-order chi connectivity index (χ1) is 4.43. The van der Waals surface area contributed by atoms with Gasteiger partial charge in [0.25, 0.3) is 0 Å².